The number of nitrogens with two attached hydrogens (primary N) is 1. The van der Waals surface area contributed by atoms with E-state index in [4.69, 9.17) is 5.73 Å². The second-order valence-electron chi connectivity index (χ2n) is 8.18. The normalized spacial score (nSPS) is 27.8. The van der Waals surface area contributed by atoms with Crippen LogP contribution in [-0.2, 0) is 20.9 Å². The van der Waals surface area contributed by atoms with Crippen LogP contribution < -0.4 is 16.4 Å². The zero-order chi connectivity index (χ0) is 20.8. The minimum absolute atomic E-state index is 0.0105. The molecule has 1 aromatic carbocycles. The number of carbonyl (C=O) groups is 3. The number of carbonyl (C=O) groups excluding carboxylic acids is 3. The largest absolute Gasteiger partial charge is 0.370 e. The number of hydrogen-bond acceptors (Lipinski definition) is 3. The van der Waals surface area contributed by atoms with Gasteiger partial charge in [-0.15, -0.1) is 0 Å². The molecule has 6 nitrogen and oxygen atoms in total. The average Bonchev–Trinajstić information content (AvgIpc) is 3.33. The molecule has 3 amide bonds. The van der Waals surface area contributed by atoms with E-state index in [9.17, 15) is 18.8 Å². The van der Waals surface area contributed by atoms with Gasteiger partial charge in [0.15, 0.2) is 0 Å². The lowest BCUT2D eigenvalue weighted by Gasteiger charge is -2.26. The molecule has 154 valence electrons. The number of allylic oxidation sites excluding steroid dienone is 2. The summed E-state index contributed by atoms with van der Waals surface area (Å²) < 4.78 is 14.7. The van der Waals surface area contributed by atoms with Crippen molar-refractivity contribution in [3.8, 4) is 0 Å². The number of rotatable bonds is 7. The zero-order valence-corrected chi connectivity index (χ0v) is 17.4. The van der Waals surface area contributed by atoms with Gasteiger partial charge in [-0.25, -0.2) is 4.39 Å². The van der Waals surface area contributed by atoms with Crippen LogP contribution in [0.5, 0.6) is 0 Å². The Morgan fingerprint density at radius 2 is 1.72 bits per heavy atom. The maximum absolute atomic E-state index is 14.1. The molecule has 8 heteroatoms. The number of benzene rings is 1. The Hall–Kier alpha value is -2.22. The lowest BCUT2D eigenvalue weighted by atomic mass is 9.81. The molecule has 0 aromatic heterocycles. The molecule has 1 spiro atoms. The Kier molecular flexibility index (Phi) is 5.23. The van der Waals surface area contributed by atoms with Gasteiger partial charge in [-0.2, -0.15) is 0 Å². The van der Waals surface area contributed by atoms with E-state index in [-0.39, 0.29) is 48.6 Å². The predicted octanol–water partition coefficient (Wildman–Crippen LogP) is 2.02. The second kappa shape index (κ2) is 7.55. The van der Waals surface area contributed by atoms with Gasteiger partial charge in [0.25, 0.3) is 0 Å². The highest BCUT2D eigenvalue weighted by Crippen LogP contribution is 2.72. The van der Waals surface area contributed by atoms with Crippen LogP contribution in [0.25, 0.3) is 0 Å². The summed E-state index contributed by atoms with van der Waals surface area (Å²) in [5.74, 6) is -2.24. The van der Waals surface area contributed by atoms with Crippen molar-refractivity contribution in [3.05, 3.63) is 46.2 Å². The fraction of sp³-hybridized carbons (Fsp3) is 0.476. The average molecular weight is 464 g/mol. The molecule has 2 saturated carbocycles. The monoisotopic (exact) mass is 463 g/mol. The van der Waals surface area contributed by atoms with Crippen molar-refractivity contribution in [3.63, 3.8) is 0 Å². The first-order chi connectivity index (χ1) is 13.8. The van der Waals surface area contributed by atoms with Crippen molar-refractivity contribution in [2.24, 2.45) is 34.8 Å². The van der Waals surface area contributed by atoms with Crippen molar-refractivity contribution in [2.45, 2.75) is 25.8 Å². The minimum atomic E-state index is -0.486. The summed E-state index contributed by atoms with van der Waals surface area (Å²) in [6.07, 6.45) is 6.20. The van der Waals surface area contributed by atoms with Gasteiger partial charge in [-0.1, -0.05) is 34.1 Å². The highest BCUT2D eigenvalue weighted by Gasteiger charge is 2.69. The van der Waals surface area contributed by atoms with Gasteiger partial charge in [0.1, 0.15) is 5.82 Å². The van der Waals surface area contributed by atoms with E-state index in [0.29, 0.717) is 10.0 Å². The standard InChI is InChI=1S/C21H23BrFN3O3/c22-12-2-1-11(15(23)9-12)10-26-20(29)18-14-4-3-13(21(14)6-7-21)17(18)19(28)25-8-5-16(24)27/h1-4,9,13-14,17-18H,5-8,10H2,(H2,24,27)(H,25,28)(H,26,29)/t13-,14+,17-,18-/m1/s1. The third-order valence-corrected chi connectivity index (χ3v) is 7.08. The molecule has 0 radical (unpaired) electrons. The first kappa shape index (κ1) is 20.1. The van der Waals surface area contributed by atoms with E-state index in [0.717, 1.165) is 12.8 Å². The molecule has 2 bridgehead atoms. The molecule has 1 aromatic rings. The molecule has 0 unspecified atom stereocenters. The molecular weight excluding hydrogens is 441 g/mol. The minimum Gasteiger partial charge on any atom is -0.370 e. The van der Waals surface area contributed by atoms with Gasteiger partial charge in [-0.3, -0.25) is 14.4 Å². The van der Waals surface area contributed by atoms with Crippen molar-refractivity contribution in [2.75, 3.05) is 6.54 Å². The summed E-state index contributed by atoms with van der Waals surface area (Å²) in [6.45, 7) is 0.232. The molecule has 4 N–H and O–H groups in total. The summed E-state index contributed by atoms with van der Waals surface area (Å²) in [5.41, 5.74) is 5.54. The summed E-state index contributed by atoms with van der Waals surface area (Å²) in [7, 11) is 0. The number of nitrogens with one attached hydrogen (secondary N) is 2. The topological polar surface area (TPSA) is 101 Å². The van der Waals surface area contributed by atoms with E-state index in [1.165, 1.54) is 6.07 Å². The maximum atomic E-state index is 14.1. The molecule has 0 heterocycles. The lowest BCUT2D eigenvalue weighted by Crippen LogP contribution is -2.44. The highest BCUT2D eigenvalue weighted by molar-refractivity contribution is 9.10. The SMILES string of the molecule is NC(=O)CCNC(=O)[C@H]1[C@H](C(=O)NCc2ccc(Br)cc2F)[C@@H]2C=C[C@H]1C21CC1. The van der Waals surface area contributed by atoms with Gasteiger partial charge in [0.2, 0.25) is 17.7 Å². The first-order valence-electron chi connectivity index (χ1n) is 9.79. The first-order valence-corrected chi connectivity index (χ1v) is 10.6. The molecule has 2 fully saturated rings. The third kappa shape index (κ3) is 3.58. The zero-order valence-electron chi connectivity index (χ0n) is 15.8. The number of hydrogen-bond donors (Lipinski definition) is 3. The van der Waals surface area contributed by atoms with Crippen LogP contribution in [0, 0.1) is 34.9 Å². The fourth-order valence-electron chi connectivity index (χ4n) is 5.10. The van der Waals surface area contributed by atoms with E-state index in [1.807, 2.05) is 0 Å². The third-order valence-electron chi connectivity index (χ3n) is 6.59. The Morgan fingerprint density at radius 1 is 1.10 bits per heavy atom. The Bertz CT molecular complexity index is 899. The molecule has 29 heavy (non-hydrogen) atoms. The van der Waals surface area contributed by atoms with Crippen LogP contribution in [0.15, 0.2) is 34.8 Å². The molecule has 3 aliphatic rings. The van der Waals surface area contributed by atoms with Crippen LogP contribution >= 0.6 is 15.9 Å². The van der Waals surface area contributed by atoms with Crippen LogP contribution in [-0.4, -0.2) is 24.3 Å². The van der Waals surface area contributed by atoms with Gasteiger partial charge in [-0.05, 0) is 42.2 Å². The van der Waals surface area contributed by atoms with Crippen LogP contribution in [0.2, 0.25) is 0 Å². The van der Waals surface area contributed by atoms with Crippen LogP contribution in [0.1, 0.15) is 24.8 Å². The lowest BCUT2D eigenvalue weighted by molar-refractivity contribution is -0.135. The smallest absolute Gasteiger partial charge is 0.224 e. The second-order valence-corrected chi connectivity index (χ2v) is 9.10. The van der Waals surface area contributed by atoms with Gasteiger partial charge >= 0.3 is 0 Å². The molecule has 4 atom stereocenters. The van der Waals surface area contributed by atoms with Crippen LogP contribution in [0.3, 0.4) is 0 Å². The van der Waals surface area contributed by atoms with Crippen LogP contribution in [0.4, 0.5) is 4.39 Å². The summed E-state index contributed by atoms with van der Waals surface area (Å²) in [6, 6.07) is 4.70. The Morgan fingerprint density at radius 3 is 2.28 bits per heavy atom. The Balaban J connectivity index is 1.47. The quantitative estimate of drug-likeness (QED) is 0.539. The Labute approximate surface area is 176 Å². The molecule has 0 aliphatic heterocycles. The van der Waals surface area contributed by atoms with Crippen molar-refractivity contribution in [1.29, 1.82) is 0 Å². The fourth-order valence-corrected chi connectivity index (χ4v) is 5.43. The summed E-state index contributed by atoms with van der Waals surface area (Å²) >= 11 is 3.22. The predicted molar refractivity (Wildman–Crippen MR) is 108 cm³/mol. The summed E-state index contributed by atoms with van der Waals surface area (Å²) in [4.78, 5) is 36.9. The van der Waals surface area contributed by atoms with E-state index < -0.39 is 23.6 Å². The van der Waals surface area contributed by atoms with Crippen molar-refractivity contribution >= 4 is 33.7 Å². The summed E-state index contributed by atoms with van der Waals surface area (Å²) in [5, 5.41) is 5.59. The van der Waals surface area contributed by atoms with Gasteiger partial charge in [0, 0.05) is 29.5 Å². The maximum Gasteiger partial charge on any atom is 0.224 e. The number of halogens is 2. The van der Waals surface area contributed by atoms with Gasteiger partial charge < -0.3 is 16.4 Å². The van der Waals surface area contributed by atoms with E-state index in [1.54, 1.807) is 12.1 Å². The van der Waals surface area contributed by atoms with Gasteiger partial charge in [0.05, 0.1) is 11.8 Å². The molecule has 0 saturated heterocycles. The van der Waals surface area contributed by atoms with Crippen molar-refractivity contribution < 1.29 is 18.8 Å². The van der Waals surface area contributed by atoms with E-state index >= 15 is 0 Å². The highest BCUT2D eigenvalue weighted by atomic mass is 79.9. The molecule has 3 aliphatic carbocycles. The number of primary amides is 1. The molecular formula is C21H23BrFN3O3. The number of amides is 3. The van der Waals surface area contributed by atoms with E-state index in [2.05, 4.69) is 38.7 Å². The molecule has 4 rings (SSSR count). The van der Waals surface area contributed by atoms with Crippen molar-refractivity contribution in [1.82, 2.24) is 10.6 Å².